The average molecular weight is 398 g/mol. The van der Waals surface area contributed by atoms with E-state index in [0.717, 1.165) is 22.3 Å². The highest BCUT2D eigenvalue weighted by Gasteiger charge is 2.09. The number of ether oxygens (including phenoxy) is 2. The molecule has 0 heterocycles. The molecule has 0 amide bonds. The van der Waals surface area contributed by atoms with E-state index < -0.39 is 6.16 Å². The van der Waals surface area contributed by atoms with Crippen molar-refractivity contribution in [2.45, 2.75) is 0 Å². The number of hydrogen-bond donors (Lipinski definition) is 2. The van der Waals surface area contributed by atoms with Crippen LogP contribution in [0, 0.1) is 0 Å². The second-order valence-corrected chi connectivity index (χ2v) is 6.60. The molecule has 148 valence electrons. The number of carbonyl (C=O) groups is 1. The van der Waals surface area contributed by atoms with Crippen LogP contribution < -0.4 is 9.47 Å². The number of benzene rings is 4. The Balaban J connectivity index is 1.38. The van der Waals surface area contributed by atoms with E-state index in [9.17, 15) is 15.0 Å². The van der Waals surface area contributed by atoms with Gasteiger partial charge in [0.05, 0.1) is 0 Å². The van der Waals surface area contributed by atoms with E-state index in [1.807, 2.05) is 12.1 Å². The Labute approximate surface area is 173 Å². The number of phenolic OH excluding ortho intramolecular Hbond substituents is 2. The van der Waals surface area contributed by atoms with Crippen LogP contribution >= 0.6 is 0 Å². The topological polar surface area (TPSA) is 76.0 Å². The van der Waals surface area contributed by atoms with Crippen LogP contribution in [0.1, 0.15) is 0 Å². The first-order chi connectivity index (χ1) is 14.6. The molecule has 0 fully saturated rings. The summed E-state index contributed by atoms with van der Waals surface area (Å²) in [4.78, 5) is 12.1. The molecule has 0 bridgehead atoms. The van der Waals surface area contributed by atoms with Gasteiger partial charge in [-0.05, 0) is 70.8 Å². The third kappa shape index (κ3) is 4.59. The molecular weight excluding hydrogens is 380 g/mol. The Hall–Kier alpha value is -4.25. The highest BCUT2D eigenvalue weighted by Crippen LogP contribution is 2.27. The van der Waals surface area contributed by atoms with E-state index >= 15 is 0 Å². The fourth-order valence-corrected chi connectivity index (χ4v) is 3.02. The SMILES string of the molecule is O=C(Oc1ccc(-c2cccc(O)c2)cc1)Oc1ccc(-c2cccc(O)c2)cc1. The summed E-state index contributed by atoms with van der Waals surface area (Å²) in [7, 11) is 0. The quantitative estimate of drug-likeness (QED) is 0.325. The van der Waals surface area contributed by atoms with E-state index in [2.05, 4.69) is 0 Å². The van der Waals surface area contributed by atoms with Gasteiger partial charge in [0.15, 0.2) is 0 Å². The van der Waals surface area contributed by atoms with Crippen molar-refractivity contribution in [1.29, 1.82) is 0 Å². The summed E-state index contributed by atoms with van der Waals surface area (Å²) in [6.07, 6.45) is -0.842. The van der Waals surface area contributed by atoms with Crippen molar-refractivity contribution in [3.8, 4) is 45.3 Å². The van der Waals surface area contributed by atoms with E-state index in [1.54, 1.807) is 84.9 Å². The molecule has 0 saturated heterocycles. The normalized spacial score (nSPS) is 10.4. The second-order valence-electron chi connectivity index (χ2n) is 6.60. The molecule has 0 unspecified atom stereocenters. The molecule has 0 spiro atoms. The lowest BCUT2D eigenvalue weighted by atomic mass is 10.1. The fourth-order valence-electron chi connectivity index (χ4n) is 3.02. The highest BCUT2D eigenvalue weighted by atomic mass is 16.7. The maximum atomic E-state index is 12.1. The smallest absolute Gasteiger partial charge is 0.508 e. The van der Waals surface area contributed by atoms with Crippen molar-refractivity contribution < 1.29 is 24.5 Å². The van der Waals surface area contributed by atoms with Crippen molar-refractivity contribution in [1.82, 2.24) is 0 Å². The van der Waals surface area contributed by atoms with Crippen LogP contribution in [0.2, 0.25) is 0 Å². The van der Waals surface area contributed by atoms with Gasteiger partial charge in [0.1, 0.15) is 23.0 Å². The van der Waals surface area contributed by atoms with Crippen LogP contribution in [0.5, 0.6) is 23.0 Å². The van der Waals surface area contributed by atoms with Gasteiger partial charge in [-0.15, -0.1) is 0 Å². The van der Waals surface area contributed by atoms with Crippen molar-refractivity contribution in [2.24, 2.45) is 0 Å². The molecule has 0 radical (unpaired) electrons. The van der Waals surface area contributed by atoms with E-state index in [0.29, 0.717) is 11.5 Å². The summed E-state index contributed by atoms with van der Waals surface area (Å²) >= 11 is 0. The van der Waals surface area contributed by atoms with Gasteiger partial charge < -0.3 is 19.7 Å². The summed E-state index contributed by atoms with van der Waals surface area (Å²) in [6.45, 7) is 0. The van der Waals surface area contributed by atoms with Crippen LogP contribution in [-0.4, -0.2) is 16.4 Å². The molecule has 0 aliphatic carbocycles. The largest absolute Gasteiger partial charge is 0.519 e. The zero-order chi connectivity index (χ0) is 20.9. The Morgan fingerprint density at radius 3 is 1.30 bits per heavy atom. The lowest BCUT2D eigenvalue weighted by Crippen LogP contribution is -2.13. The van der Waals surface area contributed by atoms with E-state index in [4.69, 9.17) is 9.47 Å². The van der Waals surface area contributed by atoms with Crippen molar-refractivity contribution in [3.63, 3.8) is 0 Å². The molecule has 5 nitrogen and oxygen atoms in total. The summed E-state index contributed by atoms with van der Waals surface area (Å²) < 4.78 is 10.4. The van der Waals surface area contributed by atoms with Gasteiger partial charge in [-0.2, -0.15) is 0 Å². The summed E-state index contributed by atoms with van der Waals surface area (Å²) in [5.74, 6) is 1.07. The van der Waals surface area contributed by atoms with Crippen LogP contribution in [0.25, 0.3) is 22.3 Å². The molecule has 0 aromatic heterocycles. The second kappa shape index (κ2) is 8.41. The van der Waals surface area contributed by atoms with Crippen LogP contribution in [0.15, 0.2) is 97.1 Å². The third-order valence-corrected chi connectivity index (χ3v) is 4.47. The monoisotopic (exact) mass is 398 g/mol. The standard InChI is InChI=1S/C25H18O5/c26-21-5-1-3-19(15-21)17-7-11-23(12-8-17)29-25(28)30-24-13-9-18(10-14-24)20-4-2-6-22(27)16-20/h1-16,26-27H. The Kier molecular flexibility index (Phi) is 5.35. The maximum Gasteiger partial charge on any atom is 0.519 e. The fraction of sp³-hybridized carbons (Fsp3) is 0. The number of hydrogen-bond acceptors (Lipinski definition) is 5. The minimum atomic E-state index is -0.842. The van der Waals surface area contributed by atoms with Gasteiger partial charge in [0, 0.05) is 0 Å². The predicted octanol–water partition coefficient (Wildman–Crippen LogP) is 6.01. The summed E-state index contributed by atoms with van der Waals surface area (Å²) in [5.41, 5.74) is 3.48. The number of phenols is 2. The zero-order valence-corrected chi connectivity index (χ0v) is 15.9. The van der Waals surface area contributed by atoms with Gasteiger partial charge >= 0.3 is 6.16 Å². The van der Waals surface area contributed by atoms with Crippen LogP contribution in [-0.2, 0) is 0 Å². The molecule has 0 saturated carbocycles. The molecule has 4 aromatic rings. The van der Waals surface area contributed by atoms with Gasteiger partial charge in [0.2, 0.25) is 0 Å². The third-order valence-electron chi connectivity index (χ3n) is 4.47. The molecule has 4 aromatic carbocycles. The summed E-state index contributed by atoms with van der Waals surface area (Å²) in [5, 5.41) is 19.2. The van der Waals surface area contributed by atoms with Crippen LogP contribution in [0.4, 0.5) is 4.79 Å². The molecule has 0 aliphatic rings. The molecular formula is C25H18O5. The van der Waals surface area contributed by atoms with Gasteiger partial charge in [0.25, 0.3) is 0 Å². The molecule has 4 rings (SSSR count). The molecule has 2 N–H and O–H groups in total. The Morgan fingerprint density at radius 1 is 0.533 bits per heavy atom. The van der Waals surface area contributed by atoms with Crippen LogP contribution in [0.3, 0.4) is 0 Å². The Bertz CT molecular complexity index is 1070. The number of rotatable bonds is 4. The molecule has 30 heavy (non-hydrogen) atoms. The van der Waals surface area contributed by atoms with Crippen molar-refractivity contribution >= 4 is 6.16 Å². The van der Waals surface area contributed by atoms with E-state index in [1.165, 1.54) is 0 Å². The van der Waals surface area contributed by atoms with E-state index in [-0.39, 0.29) is 11.5 Å². The van der Waals surface area contributed by atoms with Gasteiger partial charge in [-0.25, -0.2) is 4.79 Å². The zero-order valence-electron chi connectivity index (χ0n) is 15.9. The first-order valence-electron chi connectivity index (χ1n) is 9.25. The first-order valence-corrected chi connectivity index (χ1v) is 9.25. The lowest BCUT2D eigenvalue weighted by Gasteiger charge is -2.08. The van der Waals surface area contributed by atoms with Crippen molar-refractivity contribution in [2.75, 3.05) is 0 Å². The van der Waals surface area contributed by atoms with Gasteiger partial charge in [-0.1, -0.05) is 48.5 Å². The molecule has 0 aliphatic heterocycles. The van der Waals surface area contributed by atoms with Crippen molar-refractivity contribution in [3.05, 3.63) is 97.1 Å². The first kappa shape index (κ1) is 19.1. The summed E-state index contributed by atoms with van der Waals surface area (Å²) in [6, 6.07) is 27.6. The predicted molar refractivity (Wildman–Crippen MR) is 114 cm³/mol. The highest BCUT2D eigenvalue weighted by molar-refractivity contribution is 5.70. The molecule has 0 atom stereocenters. The minimum Gasteiger partial charge on any atom is -0.508 e. The number of aromatic hydroxyl groups is 2. The number of carbonyl (C=O) groups excluding carboxylic acids is 1. The minimum absolute atomic E-state index is 0.187. The average Bonchev–Trinajstić information content (AvgIpc) is 2.75. The maximum absolute atomic E-state index is 12.1. The Morgan fingerprint density at radius 2 is 0.933 bits per heavy atom. The van der Waals surface area contributed by atoms with Gasteiger partial charge in [-0.3, -0.25) is 0 Å². The molecule has 5 heteroatoms. The lowest BCUT2D eigenvalue weighted by molar-refractivity contribution is 0.152.